The fraction of sp³-hybridized carbons (Fsp3) is 0.389. The van der Waals surface area contributed by atoms with Crippen molar-refractivity contribution in [1.29, 1.82) is 0 Å². The molecular weight excluding hydrogens is 262 g/mol. The first-order chi connectivity index (χ1) is 10.3. The van der Waals surface area contributed by atoms with E-state index in [1.807, 2.05) is 0 Å². The normalized spacial score (nSPS) is 15.3. The Morgan fingerprint density at radius 3 is 2.76 bits per heavy atom. The fourth-order valence-electron chi connectivity index (χ4n) is 3.03. The van der Waals surface area contributed by atoms with Crippen LogP contribution in [0, 0.1) is 0 Å². The van der Waals surface area contributed by atoms with Crippen LogP contribution < -0.4 is 5.32 Å². The van der Waals surface area contributed by atoms with Gasteiger partial charge in [-0.1, -0.05) is 25.1 Å². The van der Waals surface area contributed by atoms with Crippen LogP contribution in [-0.2, 0) is 12.8 Å². The Morgan fingerprint density at radius 2 is 2.05 bits per heavy atom. The summed E-state index contributed by atoms with van der Waals surface area (Å²) >= 11 is 0. The van der Waals surface area contributed by atoms with Crippen molar-refractivity contribution in [3.8, 4) is 0 Å². The number of benzene rings is 1. The van der Waals surface area contributed by atoms with Crippen molar-refractivity contribution in [2.45, 2.75) is 45.1 Å². The highest BCUT2D eigenvalue weighted by molar-refractivity contribution is 5.91. The van der Waals surface area contributed by atoms with Gasteiger partial charge in [0.25, 0.3) is 5.91 Å². The lowest BCUT2D eigenvalue weighted by atomic mass is 9.89. The molecule has 0 radical (unpaired) electrons. The number of hydrogen-bond acceptors (Lipinski definition) is 2. The summed E-state index contributed by atoms with van der Waals surface area (Å²) in [6.07, 6.45) is 7.29. The minimum atomic E-state index is -0.149. The Hall–Kier alpha value is -2.03. The molecular formula is C18H21NO2. The van der Waals surface area contributed by atoms with Gasteiger partial charge in [0.1, 0.15) is 0 Å². The molecule has 1 atom stereocenters. The van der Waals surface area contributed by atoms with Crippen molar-refractivity contribution in [3.63, 3.8) is 0 Å². The highest BCUT2D eigenvalue weighted by Gasteiger charge is 2.18. The van der Waals surface area contributed by atoms with E-state index in [0.717, 1.165) is 12.8 Å². The molecule has 0 spiro atoms. The molecule has 1 aliphatic carbocycles. The summed E-state index contributed by atoms with van der Waals surface area (Å²) in [6.45, 7) is 2.09. The molecule has 1 aromatic carbocycles. The third-order valence-corrected chi connectivity index (χ3v) is 4.23. The van der Waals surface area contributed by atoms with Gasteiger partial charge in [-0.3, -0.25) is 4.79 Å². The van der Waals surface area contributed by atoms with Crippen LogP contribution >= 0.6 is 0 Å². The van der Waals surface area contributed by atoms with E-state index in [1.54, 1.807) is 12.1 Å². The average molecular weight is 283 g/mol. The van der Waals surface area contributed by atoms with Gasteiger partial charge < -0.3 is 9.73 Å². The van der Waals surface area contributed by atoms with Gasteiger partial charge in [0.05, 0.1) is 12.3 Å². The number of aryl methyl sites for hydroxylation is 2. The Morgan fingerprint density at radius 1 is 1.24 bits per heavy atom. The van der Waals surface area contributed by atoms with Crippen LogP contribution in [-0.4, -0.2) is 5.91 Å². The molecule has 0 saturated heterocycles. The average Bonchev–Trinajstić information content (AvgIpc) is 3.06. The summed E-state index contributed by atoms with van der Waals surface area (Å²) in [7, 11) is 0. The summed E-state index contributed by atoms with van der Waals surface area (Å²) in [5.41, 5.74) is 4.11. The molecule has 0 saturated carbocycles. The Labute approximate surface area is 125 Å². The molecule has 1 aliphatic rings. The van der Waals surface area contributed by atoms with Gasteiger partial charge in [-0.2, -0.15) is 0 Å². The van der Waals surface area contributed by atoms with Crippen LogP contribution in [0.5, 0.6) is 0 Å². The number of hydrogen-bond donors (Lipinski definition) is 1. The lowest BCUT2D eigenvalue weighted by Gasteiger charge is -2.21. The molecule has 110 valence electrons. The second-order valence-corrected chi connectivity index (χ2v) is 5.65. The second kappa shape index (κ2) is 6.17. The number of rotatable bonds is 4. The molecule has 1 unspecified atom stereocenters. The van der Waals surface area contributed by atoms with E-state index in [-0.39, 0.29) is 11.9 Å². The molecule has 0 fully saturated rings. The maximum Gasteiger partial charge on any atom is 0.287 e. The van der Waals surface area contributed by atoms with Gasteiger partial charge >= 0.3 is 0 Å². The second-order valence-electron chi connectivity index (χ2n) is 5.65. The van der Waals surface area contributed by atoms with Crippen molar-refractivity contribution in [2.24, 2.45) is 0 Å². The van der Waals surface area contributed by atoms with Gasteiger partial charge in [-0.05, 0) is 60.9 Å². The van der Waals surface area contributed by atoms with Gasteiger partial charge in [0.15, 0.2) is 5.76 Å². The number of furan rings is 1. The zero-order valence-corrected chi connectivity index (χ0v) is 12.4. The molecule has 1 N–H and O–H groups in total. The topological polar surface area (TPSA) is 42.2 Å². The molecule has 1 amide bonds. The standard InChI is InChI=1S/C18H21NO2/c1-2-16(19-18(20)17-8-5-11-21-17)15-10-9-13-6-3-4-7-14(13)12-15/h5,8-12,16H,2-4,6-7H2,1H3,(H,19,20). The largest absolute Gasteiger partial charge is 0.459 e. The van der Waals surface area contributed by atoms with Crippen molar-refractivity contribution >= 4 is 5.91 Å². The Kier molecular flexibility index (Phi) is 4.09. The molecule has 0 bridgehead atoms. The van der Waals surface area contributed by atoms with Crippen LogP contribution in [0.25, 0.3) is 0 Å². The van der Waals surface area contributed by atoms with Gasteiger partial charge in [0.2, 0.25) is 0 Å². The SMILES string of the molecule is CCC(NC(=O)c1ccco1)c1ccc2c(c1)CCCC2. The van der Waals surface area contributed by atoms with Gasteiger partial charge in [-0.25, -0.2) is 0 Å². The van der Waals surface area contributed by atoms with Crippen molar-refractivity contribution in [3.05, 3.63) is 59.0 Å². The summed E-state index contributed by atoms with van der Waals surface area (Å²) in [5.74, 6) is 0.219. The van der Waals surface area contributed by atoms with E-state index >= 15 is 0 Å². The fourth-order valence-corrected chi connectivity index (χ4v) is 3.03. The van der Waals surface area contributed by atoms with Crippen LogP contribution in [0.1, 0.15) is 59.5 Å². The van der Waals surface area contributed by atoms with Gasteiger partial charge in [0, 0.05) is 0 Å². The van der Waals surface area contributed by atoms with Crippen molar-refractivity contribution in [2.75, 3.05) is 0 Å². The van der Waals surface area contributed by atoms with E-state index in [1.165, 1.54) is 42.2 Å². The predicted molar refractivity (Wildman–Crippen MR) is 82.3 cm³/mol. The smallest absolute Gasteiger partial charge is 0.287 e. The molecule has 0 aliphatic heterocycles. The first-order valence-corrected chi connectivity index (χ1v) is 7.74. The number of carbonyl (C=O) groups excluding carboxylic acids is 1. The molecule has 1 heterocycles. The van der Waals surface area contributed by atoms with Crippen LogP contribution in [0.15, 0.2) is 41.0 Å². The monoisotopic (exact) mass is 283 g/mol. The third-order valence-electron chi connectivity index (χ3n) is 4.23. The zero-order chi connectivity index (χ0) is 14.7. The van der Waals surface area contributed by atoms with Crippen LogP contribution in [0.4, 0.5) is 0 Å². The highest BCUT2D eigenvalue weighted by Crippen LogP contribution is 2.26. The zero-order valence-electron chi connectivity index (χ0n) is 12.4. The number of nitrogens with one attached hydrogen (secondary N) is 1. The molecule has 3 heteroatoms. The molecule has 3 rings (SSSR count). The van der Waals surface area contributed by atoms with Gasteiger partial charge in [-0.15, -0.1) is 0 Å². The molecule has 1 aromatic heterocycles. The maximum atomic E-state index is 12.1. The van der Waals surface area contributed by atoms with Crippen LogP contribution in [0.2, 0.25) is 0 Å². The first-order valence-electron chi connectivity index (χ1n) is 7.74. The molecule has 2 aromatic rings. The Balaban J connectivity index is 1.78. The van der Waals surface area contributed by atoms with Crippen LogP contribution in [0.3, 0.4) is 0 Å². The minimum Gasteiger partial charge on any atom is -0.459 e. The van der Waals surface area contributed by atoms with Crippen molar-refractivity contribution in [1.82, 2.24) is 5.32 Å². The third kappa shape index (κ3) is 3.02. The predicted octanol–water partition coefficient (Wildman–Crippen LogP) is 4.04. The van der Waals surface area contributed by atoms with E-state index in [2.05, 4.69) is 30.4 Å². The quantitative estimate of drug-likeness (QED) is 0.920. The van der Waals surface area contributed by atoms with E-state index < -0.39 is 0 Å². The highest BCUT2D eigenvalue weighted by atomic mass is 16.3. The maximum absolute atomic E-state index is 12.1. The lowest BCUT2D eigenvalue weighted by Crippen LogP contribution is -2.28. The van der Waals surface area contributed by atoms with E-state index in [4.69, 9.17) is 4.42 Å². The summed E-state index contributed by atoms with van der Waals surface area (Å²) < 4.78 is 5.16. The first kappa shape index (κ1) is 13.9. The summed E-state index contributed by atoms with van der Waals surface area (Å²) in [4.78, 5) is 12.1. The minimum absolute atomic E-state index is 0.0369. The molecule has 3 nitrogen and oxygen atoms in total. The number of carbonyl (C=O) groups is 1. The summed E-state index contributed by atoms with van der Waals surface area (Å²) in [6, 6.07) is 10.1. The Bertz CT molecular complexity index is 616. The van der Waals surface area contributed by atoms with Crippen molar-refractivity contribution < 1.29 is 9.21 Å². The molecule has 21 heavy (non-hydrogen) atoms. The summed E-state index contributed by atoms with van der Waals surface area (Å²) in [5, 5.41) is 3.06. The number of fused-ring (bicyclic) bond motifs is 1. The van der Waals surface area contributed by atoms with E-state index in [9.17, 15) is 4.79 Å². The van der Waals surface area contributed by atoms with E-state index in [0.29, 0.717) is 5.76 Å². The lowest BCUT2D eigenvalue weighted by molar-refractivity contribution is 0.0907. The number of amides is 1.